The van der Waals surface area contributed by atoms with Crippen LogP contribution >= 0.6 is 11.6 Å². The Balaban J connectivity index is 2.66. The van der Waals surface area contributed by atoms with Crippen LogP contribution in [0.3, 0.4) is 0 Å². The molecule has 0 spiro atoms. The van der Waals surface area contributed by atoms with Crippen LogP contribution < -0.4 is 0 Å². The Morgan fingerprint density at radius 3 is 2.73 bits per heavy atom. The van der Waals surface area contributed by atoms with Crippen LogP contribution in [-0.4, -0.2) is 9.97 Å². The van der Waals surface area contributed by atoms with Gasteiger partial charge in [-0.15, -0.1) is 0 Å². The van der Waals surface area contributed by atoms with E-state index in [1.807, 2.05) is 0 Å². The lowest BCUT2D eigenvalue weighted by Gasteiger charge is -1.99. The quantitative estimate of drug-likeness (QED) is 0.820. The van der Waals surface area contributed by atoms with Gasteiger partial charge < -0.3 is 4.98 Å². The summed E-state index contributed by atoms with van der Waals surface area (Å²) in [4.78, 5) is 7.82. The molecule has 1 aromatic carbocycles. The summed E-state index contributed by atoms with van der Waals surface area (Å²) in [7, 11) is 0. The highest BCUT2D eigenvalue weighted by atomic mass is 35.5. The van der Waals surface area contributed by atoms with Crippen LogP contribution in [0.4, 0.5) is 0 Å². The number of hydrogen-bond donors (Lipinski definition) is 1. The number of hydrogen-bond acceptors (Lipinski definition) is 1. The summed E-state index contributed by atoms with van der Waals surface area (Å²) in [5.41, 5.74) is 3.09. The first-order chi connectivity index (χ1) is 7.13. The third kappa shape index (κ3) is 1.74. The molecule has 80 valence electrons. The molecule has 0 saturated carbocycles. The van der Waals surface area contributed by atoms with E-state index in [9.17, 15) is 0 Å². The Morgan fingerprint density at radius 2 is 2.13 bits per heavy atom. The minimum absolute atomic E-state index is 0.401. The van der Waals surface area contributed by atoms with Gasteiger partial charge in [0.15, 0.2) is 0 Å². The molecule has 0 unspecified atom stereocenters. The standard InChI is InChI=1S/C12H15ClN2/c1-4-8-5-6-9-11(10(8)13)15-12(14-9)7(2)3/h5-7H,4H2,1-3H3,(H,14,15). The fourth-order valence-corrected chi connectivity index (χ4v) is 1.99. The largest absolute Gasteiger partial charge is 0.342 e. The molecule has 0 aliphatic carbocycles. The number of imidazole rings is 1. The zero-order valence-electron chi connectivity index (χ0n) is 9.26. The topological polar surface area (TPSA) is 28.7 Å². The minimum Gasteiger partial charge on any atom is -0.342 e. The van der Waals surface area contributed by atoms with Crippen molar-refractivity contribution in [2.45, 2.75) is 33.1 Å². The fraction of sp³-hybridized carbons (Fsp3) is 0.417. The predicted octanol–water partition coefficient (Wildman–Crippen LogP) is 3.90. The van der Waals surface area contributed by atoms with Crippen molar-refractivity contribution >= 4 is 22.6 Å². The van der Waals surface area contributed by atoms with Crippen LogP contribution in [0.2, 0.25) is 5.02 Å². The third-order valence-electron chi connectivity index (χ3n) is 2.62. The van der Waals surface area contributed by atoms with Crippen LogP contribution in [-0.2, 0) is 6.42 Å². The zero-order valence-corrected chi connectivity index (χ0v) is 10.0. The molecular weight excluding hydrogens is 208 g/mol. The number of aromatic amines is 1. The number of aryl methyl sites for hydroxylation is 1. The van der Waals surface area contributed by atoms with Crippen molar-refractivity contribution in [2.75, 3.05) is 0 Å². The smallest absolute Gasteiger partial charge is 0.109 e. The molecule has 3 heteroatoms. The van der Waals surface area contributed by atoms with Crippen LogP contribution in [0, 0.1) is 0 Å². The molecule has 1 heterocycles. The van der Waals surface area contributed by atoms with E-state index in [2.05, 4.69) is 42.9 Å². The van der Waals surface area contributed by atoms with Crippen LogP contribution in [0.5, 0.6) is 0 Å². The van der Waals surface area contributed by atoms with Gasteiger partial charge >= 0.3 is 0 Å². The van der Waals surface area contributed by atoms with Gasteiger partial charge in [0, 0.05) is 5.92 Å². The van der Waals surface area contributed by atoms with Crippen LogP contribution in [0.15, 0.2) is 12.1 Å². The monoisotopic (exact) mass is 222 g/mol. The predicted molar refractivity (Wildman–Crippen MR) is 64.6 cm³/mol. The summed E-state index contributed by atoms with van der Waals surface area (Å²) in [5, 5.41) is 0.790. The Bertz CT molecular complexity index is 486. The third-order valence-corrected chi connectivity index (χ3v) is 3.04. The Hall–Kier alpha value is -1.02. The van der Waals surface area contributed by atoms with Gasteiger partial charge in [-0.1, -0.05) is 38.4 Å². The van der Waals surface area contributed by atoms with Gasteiger partial charge in [0.2, 0.25) is 0 Å². The van der Waals surface area contributed by atoms with Crippen molar-refractivity contribution in [2.24, 2.45) is 0 Å². The lowest BCUT2D eigenvalue weighted by molar-refractivity contribution is 0.799. The molecular formula is C12H15ClN2. The summed E-state index contributed by atoms with van der Waals surface area (Å²) in [6.07, 6.45) is 0.943. The number of H-pyrrole nitrogens is 1. The number of halogens is 1. The number of benzene rings is 1. The molecule has 0 radical (unpaired) electrons. The van der Waals surface area contributed by atoms with Crippen molar-refractivity contribution in [3.05, 3.63) is 28.5 Å². The first-order valence-electron chi connectivity index (χ1n) is 5.30. The summed E-state index contributed by atoms with van der Waals surface area (Å²) in [6.45, 7) is 6.34. The summed E-state index contributed by atoms with van der Waals surface area (Å²) < 4.78 is 0. The highest BCUT2D eigenvalue weighted by Crippen LogP contribution is 2.27. The van der Waals surface area contributed by atoms with E-state index in [0.717, 1.165) is 33.9 Å². The van der Waals surface area contributed by atoms with Crippen molar-refractivity contribution in [3.63, 3.8) is 0 Å². The van der Waals surface area contributed by atoms with E-state index in [1.165, 1.54) is 0 Å². The Morgan fingerprint density at radius 1 is 1.40 bits per heavy atom. The first-order valence-corrected chi connectivity index (χ1v) is 5.68. The SMILES string of the molecule is CCc1ccc2[nH]c(C(C)C)nc2c1Cl. The average Bonchev–Trinajstić information content (AvgIpc) is 2.63. The molecule has 15 heavy (non-hydrogen) atoms. The highest BCUT2D eigenvalue weighted by Gasteiger charge is 2.10. The van der Waals surface area contributed by atoms with E-state index in [-0.39, 0.29) is 0 Å². The fourth-order valence-electron chi connectivity index (χ4n) is 1.65. The van der Waals surface area contributed by atoms with Crippen molar-refractivity contribution in [1.82, 2.24) is 9.97 Å². The van der Waals surface area contributed by atoms with Gasteiger partial charge in [-0.3, -0.25) is 0 Å². The van der Waals surface area contributed by atoms with Crippen molar-refractivity contribution in [1.29, 1.82) is 0 Å². The number of nitrogens with zero attached hydrogens (tertiary/aromatic N) is 1. The molecule has 2 nitrogen and oxygen atoms in total. The maximum absolute atomic E-state index is 6.28. The van der Waals surface area contributed by atoms with Gasteiger partial charge in [0.1, 0.15) is 11.3 Å². The molecule has 0 aliphatic heterocycles. The molecule has 0 aliphatic rings. The zero-order chi connectivity index (χ0) is 11.0. The molecule has 2 rings (SSSR count). The van der Waals surface area contributed by atoms with E-state index in [0.29, 0.717) is 5.92 Å². The lowest BCUT2D eigenvalue weighted by atomic mass is 10.1. The lowest BCUT2D eigenvalue weighted by Crippen LogP contribution is -1.88. The first kappa shape index (κ1) is 10.5. The Kier molecular flexibility index (Phi) is 2.70. The van der Waals surface area contributed by atoms with Gasteiger partial charge in [0.05, 0.1) is 10.5 Å². The Labute approximate surface area is 94.7 Å². The highest BCUT2D eigenvalue weighted by molar-refractivity contribution is 6.35. The minimum atomic E-state index is 0.401. The molecule has 0 amide bonds. The van der Waals surface area contributed by atoms with Crippen LogP contribution in [0.25, 0.3) is 11.0 Å². The van der Waals surface area contributed by atoms with Crippen molar-refractivity contribution < 1.29 is 0 Å². The molecule has 1 aromatic heterocycles. The maximum atomic E-state index is 6.28. The average molecular weight is 223 g/mol. The van der Waals surface area contributed by atoms with Crippen LogP contribution in [0.1, 0.15) is 38.1 Å². The number of fused-ring (bicyclic) bond motifs is 1. The maximum Gasteiger partial charge on any atom is 0.109 e. The summed E-state index contributed by atoms with van der Waals surface area (Å²) >= 11 is 6.28. The van der Waals surface area contributed by atoms with Gasteiger partial charge in [-0.25, -0.2) is 4.98 Å². The molecule has 0 bridgehead atoms. The second-order valence-electron chi connectivity index (χ2n) is 4.07. The summed E-state index contributed by atoms with van der Waals surface area (Å²) in [5.74, 6) is 1.40. The normalized spacial score (nSPS) is 11.5. The van der Waals surface area contributed by atoms with Gasteiger partial charge in [0.25, 0.3) is 0 Å². The van der Waals surface area contributed by atoms with E-state index in [1.54, 1.807) is 0 Å². The molecule has 0 fully saturated rings. The second-order valence-corrected chi connectivity index (χ2v) is 4.44. The van der Waals surface area contributed by atoms with Gasteiger partial charge in [-0.2, -0.15) is 0 Å². The van der Waals surface area contributed by atoms with E-state index in [4.69, 9.17) is 11.6 Å². The second kappa shape index (κ2) is 3.86. The summed E-state index contributed by atoms with van der Waals surface area (Å²) in [6, 6.07) is 4.12. The molecule has 2 aromatic rings. The molecule has 1 N–H and O–H groups in total. The number of nitrogens with one attached hydrogen (secondary N) is 1. The van der Waals surface area contributed by atoms with E-state index < -0.39 is 0 Å². The van der Waals surface area contributed by atoms with Crippen molar-refractivity contribution in [3.8, 4) is 0 Å². The number of aromatic nitrogens is 2. The molecule has 0 atom stereocenters. The van der Waals surface area contributed by atoms with E-state index >= 15 is 0 Å². The number of rotatable bonds is 2. The molecule has 0 saturated heterocycles. The van der Waals surface area contributed by atoms with Gasteiger partial charge in [-0.05, 0) is 18.1 Å².